The van der Waals surface area contributed by atoms with Crippen LogP contribution in [0.15, 0.2) is 32.5 Å². The summed E-state index contributed by atoms with van der Waals surface area (Å²) in [5, 5.41) is 5.38. The van der Waals surface area contributed by atoms with Crippen LogP contribution in [0, 0.1) is 5.82 Å². The molecule has 0 radical (unpaired) electrons. The Hall–Kier alpha value is -0.140. The summed E-state index contributed by atoms with van der Waals surface area (Å²) >= 11 is 14.1. The molecule has 0 bridgehead atoms. The number of benzene rings is 1. The van der Waals surface area contributed by atoms with E-state index in [1.807, 2.05) is 5.38 Å². The van der Waals surface area contributed by atoms with E-state index in [4.69, 9.17) is 16.3 Å². The molecular formula is C13H11Br2ClFNOS. The summed E-state index contributed by atoms with van der Waals surface area (Å²) in [7, 11) is 0. The third-order valence-electron chi connectivity index (χ3n) is 2.43. The summed E-state index contributed by atoms with van der Waals surface area (Å²) in [6.45, 7) is 1.91. The van der Waals surface area contributed by atoms with Crippen molar-refractivity contribution in [1.29, 1.82) is 0 Å². The Morgan fingerprint density at radius 2 is 2.10 bits per heavy atom. The number of hydrogen-bond acceptors (Lipinski definition) is 3. The molecule has 0 aliphatic heterocycles. The minimum atomic E-state index is -0.485. The van der Waals surface area contributed by atoms with Gasteiger partial charge in [0.25, 0.3) is 0 Å². The van der Waals surface area contributed by atoms with Gasteiger partial charge in [-0.05, 0) is 44.0 Å². The van der Waals surface area contributed by atoms with Crippen molar-refractivity contribution in [1.82, 2.24) is 5.32 Å². The Morgan fingerprint density at radius 1 is 1.30 bits per heavy atom. The molecule has 1 heterocycles. The van der Waals surface area contributed by atoms with Crippen molar-refractivity contribution < 1.29 is 9.13 Å². The van der Waals surface area contributed by atoms with Crippen molar-refractivity contribution in [3.8, 4) is 5.75 Å². The molecule has 0 spiro atoms. The topological polar surface area (TPSA) is 21.3 Å². The van der Waals surface area contributed by atoms with Crippen LogP contribution in [0.1, 0.15) is 4.88 Å². The van der Waals surface area contributed by atoms with Gasteiger partial charge in [-0.3, -0.25) is 0 Å². The molecule has 2 rings (SSSR count). The molecule has 2 aromatic rings. The van der Waals surface area contributed by atoms with Gasteiger partial charge in [-0.25, -0.2) is 4.39 Å². The fourth-order valence-electron chi connectivity index (χ4n) is 1.51. The highest BCUT2D eigenvalue weighted by Crippen LogP contribution is 2.30. The summed E-state index contributed by atoms with van der Waals surface area (Å²) in [5.41, 5.74) is 0. The first-order chi connectivity index (χ1) is 9.56. The fraction of sp³-hybridized carbons (Fsp3) is 0.231. The van der Waals surface area contributed by atoms with Crippen molar-refractivity contribution in [2.24, 2.45) is 0 Å². The summed E-state index contributed by atoms with van der Waals surface area (Å²) in [6, 6.07) is 4.84. The van der Waals surface area contributed by atoms with Gasteiger partial charge in [0.1, 0.15) is 18.2 Å². The Bertz CT molecular complexity index is 594. The molecule has 1 aromatic carbocycles. The van der Waals surface area contributed by atoms with Crippen LogP contribution in [0.5, 0.6) is 5.75 Å². The lowest BCUT2D eigenvalue weighted by molar-refractivity contribution is 0.310. The molecule has 1 N–H and O–H groups in total. The van der Waals surface area contributed by atoms with Crippen LogP contribution in [0.2, 0.25) is 5.02 Å². The van der Waals surface area contributed by atoms with Crippen molar-refractivity contribution in [2.75, 3.05) is 13.2 Å². The van der Waals surface area contributed by atoms with Gasteiger partial charge in [0.15, 0.2) is 0 Å². The van der Waals surface area contributed by atoms with E-state index in [1.54, 1.807) is 11.3 Å². The molecule has 0 aliphatic carbocycles. The molecule has 0 atom stereocenters. The smallest absolute Gasteiger partial charge is 0.145 e. The zero-order chi connectivity index (χ0) is 14.5. The van der Waals surface area contributed by atoms with Crippen LogP contribution in [0.3, 0.4) is 0 Å². The number of ether oxygens (including phenoxy) is 1. The maximum Gasteiger partial charge on any atom is 0.145 e. The predicted octanol–water partition coefficient (Wildman–Crippen LogP) is 5.23. The maximum atomic E-state index is 13.3. The number of nitrogens with one attached hydrogen (secondary N) is 1. The molecule has 0 saturated carbocycles. The Labute approximate surface area is 142 Å². The van der Waals surface area contributed by atoms with Crippen molar-refractivity contribution in [3.63, 3.8) is 0 Å². The molecule has 1 aromatic heterocycles. The van der Waals surface area contributed by atoms with Crippen LogP contribution in [0.4, 0.5) is 4.39 Å². The number of hydrogen-bond donors (Lipinski definition) is 1. The van der Waals surface area contributed by atoms with E-state index in [1.165, 1.54) is 17.0 Å². The molecule has 7 heteroatoms. The van der Waals surface area contributed by atoms with Crippen LogP contribution in [-0.4, -0.2) is 13.2 Å². The molecule has 0 amide bonds. The van der Waals surface area contributed by atoms with Gasteiger partial charge in [0.05, 0.1) is 9.50 Å². The van der Waals surface area contributed by atoms with Crippen molar-refractivity contribution in [3.05, 3.63) is 48.2 Å². The molecule has 0 saturated heterocycles. The summed E-state index contributed by atoms with van der Waals surface area (Å²) in [6.07, 6.45) is 0. The SMILES string of the molecule is Fc1cc(OCCNCc2cc(Br)cs2)c(Br)cc1Cl. The average Bonchev–Trinajstić information content (AvgIpc) is 2.81. The first kappa shape index (κ1) is 16.2. The Balaban J connectivity index is 1.75. The Kier molecular flexibility index (Phi) is 6.29. The predicted molar refractivity (Wildman–Crippen MR) is 88.3 cm³/mol. The summed E-state index contributed by atoms with van der Waals surface area (Å²) in [4.78, 5) is 1.25. The second-order valence-corrected chi connectivity index (χ2v) is 7.13. The van der Waals surface area contributed by atoms with Crippen LogP contribution < -0.4 is 10.1 Å². The quantitative estimate of drug-likeness (QED) is 0.487. The maximum absolute atomic E-state index is 13.3. The van der Waals surface area contributed by atoms with E-state index in [0.717, 1.165) is 11.0 Å². The molecule has 2 nitrogen and oxygen atoms in total. The monoisotopic (exact) mass is 441 g/mol. The molecule has 108 valence electrons. The molecule has 0 fully saturated rings. The standard InChI is InChI=1S/C13H11Br2ClFNOS/c14-8-3-9(20-7-8)6-18-1-2-19-13-5-12(17)11(16)4-10(13)15/h3-5,7,18H,1-2,6H2. The second-order valence-electron chi connectivity index (χ2n) is 3.95. The van der Waals surface area contributed by atoms with E-state index in [0.29, 0.717) is 23.4 Å². The molecule has 0 aliphatic rings. The van der Waals surface area contributed by atoms with Gasteiger partial charge in [-0.2, -0.15) is 0 Å². The minimum Gasteiger partial charge on any atom is -0.491 e. The van der Waals surface area contributed by atoms with E-state index >= 15 is 0 Å². The second kappa shape index (κ2) is 7.75. The van der Waals surface area contributed by atoms with Gasteiger partial charge < -0.3 is 10.1 Å². The molecule has 0 unspecified atom stereocenters. The van der Waals surface area contributed by atoms with Gasteiger partial charge in [0, 0.05) is 33.9 Å². The average molecular weight is 444 g/mol. The summed E-state index contributed by atoms with van der Waals surface area (Å²) in [5.74, 6) is -0.0335. The fourth-order valence-corrected chi connectivity index (χ4v) is 3.68. The van der Waals surface area contributed by atoms with Crippen LogP contribution in [0.25, 0.3) is 0 Å². The first-order valence-corrected chi connectivity index (χ1v) is 8.61. The third kappa shape index (κ3) is 4.70. The largest absolute Gasteiger partial charge is 0.491 e. The lowest BCUT2D eigenvalue weighted by Crippen LogP contribution is -2.20. The van der Waals surface area contributed by atoms with E-state index < -0.39 is 5.82 Å². The minimum absolute atomic E-state index is 0.0747. The van der Waals surface area contributed by atoms with Gasteiger partial charge in [-0.1, -0.05) is 11.6 Å². The number of rotatable bonds is 6. The molecular weight excluding hydrogens is 432 g/mol. The number of halogens is 4. The van der Waals surface area contributed by atoms with Gasteiger partial charge in [-0.15, -0.1) is 11.3 Å². The van der Waals surface area contributed by atoms with E-state index in [-0.39, 0.29) is 5.02 Å². The van der Waals surface area contributed by atoms with Crippen molar-refractivity contribution in [2.45, 2.75) is 6.54 Å². The third-order valence-corrected chi connectivity index (χ3v) is 5.04. The van der Waals surface area contributed by atoms with E-state index in [9.17, 15) is 4.39 Å². The van der Waals surface area contributed by atoms with Crippen molar-refractivity contribution >= 4 is 54.8 Å². The molecule has 20 heavy (non-hydrogen) atoms. The number of thiophene rings is 1. The van der Waals surface area contributed by atoms with Crippen LogP contribution >= 0.6 is 54.8 Å². The van der Waals surface area contributed by atoms with Gasteiger partial charge in [0.2, 0.25) is 0 Å². The zero-order valence-electron chi connectivity index (χ0n) is 10.3. The normalized spacial score (nSPS) is 10.8. The van der Waals surface area contributed by atoms with E-state index in [2.05, 4.69) is 43.2 Å². The lowest BCUT2D eigenvalue weighted by Gasteiger charge is -2.09. The summed E-state index contributed by atoms with van der Waals surface area (Å²) < 4.78 is 20.5. The Morgan fingerprint density at radius 3 is 2.80 bits per heavy atom. The highest BCUT2D eigenvalue weighted by atomic mass is 79.9. The first-order valence-electron chi connectivity index (χ1n) is 5.77. The highest BCUT2D eigenvalue weighted by molar-refractivity contribution is 9.10. The van der Waals surface area contributed by atoms with Crippen LogP contribution in [-0.2, 0) is 6.54 Å². The highest BCUT2D eigenvalue weighted by Gasteiger charge is 2.07. The zero-order valence-corrected chi connectivity index (χ0v) is 15.0. The lowest BCUT2D eigenvalue weighted by atomic mass is 10.3. The van der Waals surface area contributed by atoms with Gasteiger partial charge >= 0.3 is 0 Å².